The summed E-state index contributed by atoms with van der Waals surface area (Å²) < 4.78 is 4.56. The third-order valence-electron chi connectivity index (χ3n) is 2.27. The molecule has 94 valence electrons. The lowest BCUT2D eigenvalue weighted by Gasteiger charge is -2.18. The fourth-order valence-corrected chi connectivity index (χ4v) is 1.36. The van der Waals surface area contributed by atoms with Crippen LogP contribution in [-0.2, 0) is 22.7 Å². The van der Waals surface area contributed by atoms with E-state index in [0.717, 1.165) is 0 Å². The number of likely N-dealkylation sites (N-methyl/N-ethyl adjacent to an activating group) is 1. The zero-order valence-corrected chi connectivity index (χ0v) is 9.88. The molecule has 1 rings (SSSR count). The van der Waals surface area contributed by atoms with Crippen molar-refractivity contribution in [3.05, 3.63) is 23.5 Å². The van der Waals surface area contributed by atoms with Crippen molar-refractivity contribution in [3.8, 4) is 0 Å². The Morgan fingerprint density at radius 2 is 1.88 bits per heavy atom. The summed E-state index contributed by atoms with van der Waals surface area (Å²) in [5, 5.41) is 18.1. The van der Waals surface area contributed by atoms with Gasteiger partial charge in [-0.15, -0.1) is 0 Å². The van der Waals surface area contributed by atoms with Gasteiger partial charge in [-0.2, -0.15) is 0 Å². The smallest absolute Gasteiger partial charge is 0.325 e. The average molecular weight is 240 g/mol. The maximum Gasteiger partial charge on any atom is 0.325 e. The first kappa shape index (κ1) is 13.4. The first-order valence-electron chi connectivity index (χ1n) is 5.10. The second-order valence-corrected chi connectivity index (χ2v) is 3.56. The summed E-state index contributed by atoms with van der Waals surface area (Å²) in [5.74, 6) is -0.361. The van der Waals surface area contributed by atoms with E-state index in [2.05, 4.69) is 9.72 Å². The lowest BCUT2D eigenvalue weighted by atomic mass is 10.2. The molecule has 6 heteroatoms. The van der Waals surface area contributed by atoms with Crippen LogP contribution in [0.25, 0.3) is 0 Å². The Morgan fingerprint density at radius 3 is 2.29 bits per heavy atom. The fraction of sp³-hybridized carbons (Fsp3) is 0.455. The third kappa shape index (κ3) is 3.69. The number of hydrogen-bond acceptors (Lipinski definition) is 6. The van der Waals surface area contributed by atoms with E-state index >= 15 is 0 Å². The number of pyridine rings is 1. The van der Waals surface area contributed by atoms with Crippen LogP contribution in [0.4, 0.5) is 5.69 Å². The number of hydrogen-bond donors (Lipinski definition) is 2. The van der Waals surface area contributed by atoms with Gasteiger partial charge in [-0.3, -0.25) is 9.78 Å². The summed E-state index contributed by atoms with van der Waals surface area (Å²) in [6.45, 7) is -0.337. The Labute approximate surface area is 99.5 Å². The summed E-state index contributed by atoms with van der Waals surface area (Å²) in [7, 11) is 3.04. The number of aliphatic hydroxyl groups excluding tert-OH is 2. The Kier molecular flexibility index (Phi) is 4.86. The van der Waals surface area contributed by atoms with Crippen LogP contribution in [0.5, 0.6) is 0 Å². The lowest BCUT2D eigenvalue weighted by molar-refractivity contribution is -0.138. The van der Waals surface area contributed by atoms with E-state index < -0.39 is 0 Å². The highest BCUT2D eigenvalue weighted by atomic mass is 16.5. The van der Waals surface area contributed by atoms with Gasteiger partial charge in [0.1, 0.15) is 6.54 Å². The molecule has 17 heavy (non-hydrogen) atoms. The highest BCUT2D eigenvalue weighted by molar-refractivity contribution is 5.75. The molecule has 0 aliphatic heterocycles. The van der Waals surface area contributed by atoms with Gasteiger partial charge in [0, 0.05) is 12.7 Å². The van der Waals surface area contributed by atoms with E-state index in [9.17, 15) is 4.79 Å². The van der Waals surface area contributed by atoms with Gasteiger partial charge in [-0.05, 0) is 12.1 Å². The van der Waals surface area contributed by atoms with Crippen LogP contribution < -0.4 is 4.90 Å². The quantitative estimate of drug-likeness (QED) is 0.686. The van der Waals surface area contributed by atoms with Crippen LogP contribution in [0.15, 0.2) is 12.1 Å². The number of anilines is 1. The summed E-state index contributed by atoms with van der Waals surface area (Å²) in [6.07, 6.45) is 0. The standard InChI is InChI=1S/C11H16N2O4/c1-13(5-11(16)17-2)10-3-8(6-14)12-9(4-10)7-15/h3-4,14-15H,5-7H2,1-2H3. The van der Waals surface area contributed by atoms with Gasteiger partial charge < -0.3 is 19.8 Å². The predicted octanol–water partition coefficient (Wildman–Crippen LogP) is -0.325. The van der Waals surface area contributed by atoms with Gasteiger partial charge in [0.2, 0.25) is 0 Å². The van der Waals surface area contributed by atoms with E-state index in [1.165, 1.54) is 7.11 Å². The molecule has 2 N–H and O–H groups in total. The van der Waals surface area contributed by atoms with Crippen molar-refractivity contribution < 1.29 is 19.7 Å². The number of carbonyl (C=O) groups is 1. The van der Waals surface area contributed by atoms with Gasteiger partial charge in [0.25, 0.3) is 0 Å². The van der Waals surface area contributed by atoms with Crippen molar-refractivity contribution in [3.63, 3.8) is 0 Å². The maximum atomic E-state index is 11.1. The number of ether oxygens (including phenoxy) is 1. The van der Waals surface area contributed by atoms with Crippen molar-refractivity contribution in [2.45, 2.75) is 13.2 Å². The van der Waals surface area contributed by atoms with Crippen LogP contribution in [0, 0.1) is 0 Å². The van der Waals surface area contributed by atoms with E-state index in [0.29, 0.717) is 17.1 Å². The Bertz CT molecular complexity index is 373. The molecular weight excluding hydrogens is 224 g/mol. The normalized spacial score (nSPS) is 10.1. The van der Waals surface area contributed by atoms with Gasteiger partial charge in [-0.25, -0.2) is 0 Å². The van der Waals surface area contributed by atoms with E-state index in [1.54, 1.807) is 24.1 Å². The molecule has 0 radical (unpaired) electrons. The molecule has 0 saturated heterocycles. The van der Waals surface area contributed by atoms with Gasteiger partial charge in [-0.1, -0.05) is 0 Å². The van der Waals surface area contributed by atoms with Gasteiger partial charge in [0.05, 0.1) is 31.7 Å². The monoisotopic (exact) mass is 240 g/mol. The number of aliphatic hydroxyl groups is 2. The first-order valence-corrected chi connectivity index (χ1v) is 5.10. The van der Waals surface area contributed by atoms with Gasteiger partial charge >= 0.3 is 5.97 Å². The van der Waals surface area contributed by atoms with Crippen LogP contribution in [0.1, 0.15) is 11.4 Å². The third-order valence-corrected chi connectivity index (χ3v) is 2.27. The van der Waals surface area contributed by atoms with Crippen molar-refractivity contribution in [1.29, 1.82) is 0 Å². The molecule has 0 spiro atoms. The SMILES string of the molecule is COC(=O)CN(C)c1cc(CO)nc(CO)c1. The largest absolute Gasteiger partial charge is 0.468 e. The summed E-state index contributed by atoms with van der Waals surface area (Å²) in [4.78, 5) is 16.8. The molecule has 0 bridgehead atoms. The second kappa shape index (κ2) is 6.17. The van der Waals surface area contributed by atoms with Crippen LogP contribution in [-0.4, -0.2) is 41.9 Å². The molecule has 1 aromatic rings. The Balaban J connectivity index is 2.91. The second-order valence-electron chi connectivity index (χ2n) is 3.56. The number of rotatable bonds is 5. The molecular formula is C11H16N2O4. The fourth-order valence-electron chi connectivity index (χ4n) is 1.36. The highest BCUT2D eigenvalue weighted by Crippen LogP contribution is 2.16. The molecule has 1 aromatic heterocycles. The van der Waals surface area contributed by atoms with E-state index in [1.807, 2.05) is 0 Å². The van der Waals surface area contributed by atoms with Crippen molar-refractivity contribution >= 4 is 11.7 Å². The van der Waals surface area contributed by atoms with Crippen molar-refractivity contribution in [1.82, 2.24) is 4.98 Å². The summed E-state index contributed by atoms with van der Waals surface area (Å²) >= 11 is 0. The molecule has 0 unspecified atom stereocenters. The summed E-state index contributed by atoms with van der Waals surface area (Å²) in [5.41, 5.74) is 1.59. The average Bonchev–Trinajstić information content (AvgIpc) is 2.37. The predicted molar refractivity (Wildman–Crippen MR) is 61.4 cm³/mol. The van der Waals surface area contributed by atoms with Crippen LogP contribution in [0.2, 0.25) is 0 Å². The highest BCUT2D eigenvalue weighted by Gasteiger charge is 2.10. The Hall–Kier alpha value is -1.66. The molecule has 1 heterocycles. The molecule has 0 aromatic carbocycles. The van der Waals surface area contributed by atoms with Crippen LogP contribution in [0.3, 0.4) is 0 Å². The molecule has 6 nitrogen and oxygen atoms in total. The van der Waals surface area contributed by atoms with Crippen molar-refractivity contribution in [2.75, 3.05) is 25.6 Å². The molecule has 0 aliphatic carbocycles. The van der Waals surface area contributed by atoms with E-state index in [4.69, 9.17) is 10.2 Å². The molecule has 0 aliphatic rings. The number of esters is 1. The van der Waals surface area contributed by atoms with Gasteiger partial charge in [0.15, 0.2) is 0 Å². The van der Waals surface area contributed by atoms with E-state index in [-0.39, 0.29) is 25.7 Å². The number of nitrogens with zero attached hydrogens (tertiary/aromatic N) is 2. The Morgan fingerprint density at radius 1 is 1.35 bits per heavy atom. The zero-order valence-electron chi connectivity index (χ0n) is 9.88. The molecule has 0 atom stereocenters. The minimum atomic E-state index is -0.361. The lowest BCUT2D eigenvalue weighted by Crippen LogP contribution is -2.26. The molecule has 0 amide bonds. The summed E-state index contributed by atoms with van der Waals surface area (Å²) in [6, 6.07) is 3.31. The first-order chi connectivity index (χ1) is 8.10. The van der Waals surface area contributed by atoms with Crippen LogP contribution >= 0.6 is 0 Å². The topological polar surface area (TPSA) is 82.9 Å². The molecule has 0 saturated carbocycles. The number of carbonyl (C=O) groups excluding carboxylic acids is 1. The maximum absolute atomic E-state index is 11.1. The number of aromatic nitrogens is 1. The molecule has 0 fully saturated rings. The number of methoxy groups -OCH3 is 1. The van der Waals surface area contributed by atoms with Crippen molar-refractivity contribution in [2.24, 2.45) is 0 Å². The minimum absolute atomic E-state index is 0.0935. The minimum Gasteiger partial charge on any atom is -0.468 e. The zero-order chi connectivity index (χ0) is 12.8.